The monoisotopic (exact) mass is 604 g/mol. The Labute approximate surface area is 258 Å². The number of carbonyl (C=O) groups is 2. The third-order valence-corrected chi connectivity index (χ3v) is 8.18. The molecule has 2 aliphatic heterocycles. The normalized spacial score (nSPS) is 16.0. The number of unbranched alkanes of at least 4 members (excludes halogenated alkanes) is 2. The minimum absolute atomic E-state index is 0.266. The molecule has 3 N–H and O–H groups in total. The number of piperazine rings is 1. The SMILES string of the molecule is CCCCCNc1nc(N)nc2ccn(Cc3ccc(CN4CCN(CCOCCN5C(=O)C=CC5=O)CC4)cc3OC)c12. The standard InChI is InChI=1S/C32H44N8O4/c1-3-4-5-11-34-31-30-26(35-32(33)36-31)10-12-39(30)23-25-7-6-24(21-27(25)43-2)22-38-15-13-37(14-16-38)17-19-44-20-18-40-28(41)8-9-29(40)42/h6-10,12,21H,3-5,11,13-20,22-23H2,1-2H3,(H3,33,34,35,36). The van der Waals surface area contributed by atoms with Crippen LogP contribution in [-0.4, -0.2) is 107 Å². The van der Waals surface area contributed by atoms with E-state index in [1.807, 2.05) is 12.3 Å². The number of rotatable bonds is 16. The smallest absolute Gasteiger partial charge is 0.253 e. The molecule has 0 atom stereocenters. The van der Waals surface area contributed by atoms with Crippen LogP contribution in [0.5, 0.6) is 5.75 Å². The van der Waals surface area contributed by atoms with Crippen LogP contribution in [0.2, 0.25) is 0 Å². The molecule has 2 amide bonds. The van der Waals surface area contributed by atoms with Crippen molar-refractivity contribution in [1.82, 2.24) is 29.2 Å². The van der Waals surface area contributed by atoms with Crippen molar-refractivity contribution in [3.8, 4) is 5.75 Å². The van der Waals surface area contributed by atoms with E-state index < -0.39 is 0 Å². The second-order valence-corrected chi connectivity index (χ2v) is 11.3. The van der Waals surface area contributed by atoms with Crippen LogP contribution in [0.3, 0.4) is 0 Å². The van der Waals surface area contributed by atoms with E-state index >= 15 is 0 Å². The topological polar surface area (TPSA) is 131 Å². The Morgan fingerprint density at radius 3 is 2.43 bits per heavy atom. The fourth-order valence-corrected chi connectivity index (χ4v) is 5.70. The number of carbonyl (C=O) groups excluding carboxylic acids is 2. The van der Waals surface area contributed by atoms with Crippen molar-refractivity contribution in [3.63, 3.8) is 0 Å². The van der Waals surface area contributed by atoms with Crippen molar-refractivity contribution in [3.05, 3.63) is 53.7 Å². The highest BCUT2D eigenvalue weighted by molar-refractivity contribution is 6.12. The predicted octanol–water partition coefficient (Wildman–Crippen LogP) is 2.73. The molecule has 236 valence electrons. The number of methoxy groups -OCH3 is 1. The molecule has 12 nitrogen and oxygen atoms in total. The van der Waals surface area contributed by atoms with E-state index in [4.69, 9.17) is 15.2 Å². The zero-order chi connectivity index (χ0) is 30.9. The average molecular weight is 605 g/mol. The van der Waals surface area contributed by atoms with Crippen molar-refractivity contribution in [2.75, 3.05) is 77.2 Å². The van der Waals surface area contributed by atoms with Crippen molar-refractivity contribution < 1.29 is 19.1 Å². The number of amides is 2. The summed E-state index contributed by atoms with van der Waals surface area (Å²) in [4.78, 5) is 38.2. The lowest BCUT2D eigenvalue weighted by atomic mass is 10.1. The van der Waals surface area contributed by atoms with Crippen LogP contribution >= 0.6 is 0 Å². The van der Waals surface area contributed by atoms with Crippen molar-refractivity contribution >= 4 is 34.6 Å². The summed E-state index contributed by atoms with van der Waals surface area (Å²) in [6.07, 6.45) is 8.03. The predicted molar refractivity (Wildman–Crippen MR) is 170 cm³/mol. The number of fused-ring (bicyclic) bond motifs is 1. The van der Waals surface area contributed by atoms with E-state index in [1.165, 1.54) is 29.0 Å². The molecule has 2 aliphatic rings. The van der Waals surface area contributed by atoms with Crippen molar-refractivity contribution in [1.29, 1.82) is 0 Å². The van der Waals surface area contributed by atoms with Gasteiger partial charge in [0.2, 0.25) is 5.95 Å². The zero-order valence-electron chi connectivity index (χ0n) is 25.8. The third-order valence-electron chi connectivity index (χ3n) is 8.18. The quantitative estimate of drug-likeness (QED) is 0.186. The van der Waals surface area contributed by atoms with Gasteiger partial charge in [-0.3, -0.25) is 24.3 Å². The number of hydrogen-bond donors (Lipinski definition) is 2. The average Bonchev–Trinajstić information content (AvgIpc) is 3.58. The minimum Gasteiger partial charge on any atom is -0.496 e. The summed E-state index contributed by atoms with van der Waals surface area (Å²) >= 11 is 0. The highest BCUT2D eigenvalue weighted by atomic mass is 16.5. The number of nitrogens with two attached hydrogens (primary N) is 1. The lowest BCUT2D eigenvalue weighted by Crippen LogP contribution is -2.46. The zero-order valence-corrected chi connectivity index (χ0v) is 25.8. The number of nitrogen functional groups attached to an aromatic ring is 1. The maximum atomic E-state index is 11.6. The lowest BCUT2D eigenvalue weighted by Gasteiger charge is -2.34. The maximum absolute atomic E-state index is 11.6. The molecule has 0 bridgehead atoms. The number of anilines is 2. The van der Waals surface area contributed by atoms with E-state index in [-0.39, 0.29) is 17.8 Å². The molecule has 1 aromatic carbocycles. The van der Waals surface area contributed by atoms with Gasteiger partial charge in [-0.2, -0.15) is 4.98 Å². The largest absolute Gasteiger partial charge is 0.496 e. The first-order valence-electron chi connectivity index (χ1n) is 15.5. The van der Waals surface area contributed by atoms with Gasteiger partial charge in [-0.15, -0.1) is 0 Å². The van der Waals surface area contributed by atoms with Crippen molar-refractivity contribution in [2.24, 2.45) is 0 Å². The number of nitrogens with one attached hydrogen (secondary N) is 1. The van der Waals surface area contributed by atoms with Crippen LogP contribution in [0.1, 0.15) is 37.3 Å². The molecule has 1 saturated heterocycles. The Morgan fingerprint density at radius 1 is 0.932 bits per heavy atom. The highest BCUT2D eigenvalue weighted by Gasteiger charge is 2.23. The van der Waals surface area contributed by atoms with E-state index in [0.29, 0.717) is 26.3 Å². The van der Waals surface area contributed by atoms with Gasteiger partial charge in [-0.1, -0.05) is 31.9 Å². The van der Waals surface area contributed by atoms with Crippen LogP contribution in [-0.2, 0) is 27.4 Å². The molecule has 4 heterocycles. The lowest BCUT2D eigenvalue weighted by molar-refractivity contribution is -0.137. The van der Waals surface area contributed by atoms with Gasteiger partial charge in [-0.25, -0.2) is 4.98 Å². The molecule has 12 heteroatoms. The molecule has 0 unspecified atom stereocenters. The fourth-order valence-electron chi connectivity index (χ4n) is 5.70. The van der Waals surface area contributed by atoms with Gasteiger partial charge in [0.15, 0.2) is 5.82 Å². The first-order chi connectivity index (χ1) is 21.4. The van der Waals surface area contributed by atoms with Crippen LogP contribution < -0.4 is 15.8 Å². The first-order valence-corrected chi connectivity index (χ1v) is 15.5. The highest BCUT2D eigenvalue weighted by Crippen LogP contribution is 2.27. The van der Waals surface area contributed by atoms with Gasteiger partial charge in [0.25, 0.3) is 11.8 Å². The summed E-state index contributed by atoms with van der Waals surface area (Å²) in [6, 6.07) is 8.46. The first kappa shape index (κ1) is 31.4. The van der Waals surface area contributed by atoms with Gasteiger partial charge >= 0.3 is 0 Å². The molecule has 0 aliphatic carbocycles. The second-order valence-electron chi connectivity index (χ2n) is 11.3. The molecule has 2 aromatic heterocycles. The van der Waals surface area contributed by atoms with Crippen LogP contribution in [0.25, 0.3) is 11.0 Å². The number of hydrogen-bond acceptors (Lipinski definition) is 10. The third kappa shape index (κ3) is 7.93. The minimum atomic E-state index is -0.266. The molecule has 0 radical (unpaired) electrons. The maximum Gasteiger partial charge on any atom is 0.253 e. The van der Waals surface area contributed by atoms with Gasteiger partial charge < -0.3 is 25.1 Å². The molecular weight excluding hydrogens is 560 g/mol. The Balaban J connectivity index is 1.11. The summed E-state index contributed by atoms with van der Waals surface area (Å²) in [5.41, 5.74) is 10.1. The van der Waals surface area contributed by atoms with E-state index in [1.54, 1.807) is 7.11 Å². The second kappa shape index (κ2) is 15.1. The molecular formula is C32H44N8O4. The summed E-state index contributed by atoms with van der Waals surface area (Å²) in [5, 5.41) is 3.47. The number of benzene rings is 1. The Kier molecular flexibility index (Phi) is 10.8. The van der Waals surface area contributed by atoms with Gasteiger partial charge in [0, 0.05) is 69.7 Å². The van der Waals surface area contributed by atoms with Crippen molar-refractivity contribution in [2.45, 2.75) is 39.3 Å². The van der Waals surface area contributed by atoms with Gasteiger partial charge in [-0.05, 0) is 24.1 Å². The van der Waals surface area contributed by atoms with Crippen LogP contribution in [0.4, 0.5) is 11.8 Å². The summed E-state index contributed by atoms with van der Waals surface area (Å²) < 4.78 is 13.7. The summed E-state index contributed by atoms with van der Waals surface area (Å²) in [6.45, 7) is 10.5. The van der Waals surface area contributed by atoms with Gasteiger partial charge in [0.05, 0.1) is 38.9 Å². The molecule has 0 spiro atoms. The number of imide groups is 1. The number of nitrogens with zero attached hydrogens (tertiary/aromatic N) is 6. The molecule has 0 saturated carbocycles. The Hall–Kier alpha value is -4.00. The van der Waals surface area contributed by atoms with E-state index in [9.17, 15) is 9.59 Å². The number of ether oxygens (including phenoxy) is 2. The molecule has 44 heavy (non-hydrogen) atoms. The van der Waals surface area contributed by atoms with Crippen LogP contribution in [0, 0.1) is 0 Å². The summed E-state index contributed by atoms with van der Waals surface area (Å²) in [5.74, 6) is 1.37. The van der Waals surface area contributed by atoms with E-state index in [0.717, 1.165) is 86.8 Å². The molecule has 5 rings (SSSR count). The number of aromatic nitrogens is 3. The van der Waals surface area contributed by atoms with Gasteiger partial charge in [0.1, 0.15) is 11.3 Å². The molecule has 1 fully saturated rings. The Morgan fingerprint density at radius 2 is 1.68 bits per heavy atom. The van der Waals surface area contributed by atoms with Crippen LogP contribution in [0.15, 0.2) is 42.6 Å². The summed E-state index contributed by atoms with van der Waals surface area (Å²) in [7, 11) is 1.72. The Bertz CT molecular complexity index is 1450. The fraction of sp³-hybridized carbons (Fsp3) is 0.500. The van der Waals surface area contributed by atoms with E-state index in [2.05, 4.69) is 54.8 Å². The molecule has 3 aromatic rings.